The molecule has 13 heteroatoms. The number of benzene rings is 1. The van der Waals surface area contributed by atoms with Crippen LogP contribution in [0.15, 0.2) is 30.3 Å². The molecule has 206 valence electrons. The van der Waals surface area contributed by atoms with Gasteiger partial charge in [0.1, 0.15) is 24.3 Å². The van der Waals surface area contributed by atoms with Gasteiger partial charge in [-0.25, -0.2) is 14.6 Å². The summed E-state index contributed by atoms with van der Waals surface area (Å²) in [5.41, 5.74) is 0.314. The minimum Gasteiger partial charge on any atom is -0.486 e. The zero-order chi connectivity index (χ0) is 28.0. The van der Waals surface area contributed by atoms with Gasteiger partial charge in [0, 0.05) is 33.5 Å². The Morgan fingerprint density at radius 2 is 1.84 bits per heavy atom. The Kier molecular flexibility index (Phi) is 10.4. The van der Waals surface area contributed by atoms with Crippen LogP contribution in [0.2, 0.25) is 15.2 Å². The van der Waals surface area contributed by atoms with Gasteiger partial charge < -0.3 is 19.5 Å². The van der Waals surface area contributed by atoms with E-state index in [0.717, 1.165) is 0 Å². The number of amides is 2. The van der Waals surface area contributed by atoms with E-state index in [1.807, 2.05) is 0 Å². The second kappa shape index (κ2) is 13.1. The molecule has 2 heterocycles. The highest BCUT2D eigenvalue weighted by Crippen LogP contribution is 2.29. The first-order valence-corrected chi connectivity index (χ1v) is 13.8. The van der Waals surface area contributed by atoms with Crippen LogP contribution in [0, 0.1) is 0 Å². The van der Waals surface area contributed by atoms with Gasteiger partial charge >= 0.3 is 12.1 Å². The van der Waals surface area contributed by atoms with Crippen LogP contribution in [0.5, 0.6) is 5.75 Å². The molecule has 0 radical (unpaired) electrons. The van der Waals surface area contributed by atoms with Crippen molar-refractivity contribution in [2.75, 3.05) is 18.7 Å². The molecule has 3 rings (SSSR count). The Balaban J connectivity index is 1.68. The molecule has 1 N–H and O–H groups in total. The monoisotopic (exact) mass is 603 g/mol. The molecule has 0 saturated carbocycles. The smallest absolute Gasteiger partial charge is 0.411 e. The Hall–Kier alpha value is -2.40. The molecule has 9 nitrogen and oxygen atoms in total. The summed E-state index contributed by atoms with van der Waals surface area (Å²) in [5.74, 6) is -0.210. The predicted octanol–water partition coefficient (Wildman–Crippen LogP) is 5.13. The van der Waals surface area contributed by atoms with Gasteiger partial charge in [-0.2, -0.15) is 0 Å². The number of aromatic nitrogens is 1. The molecule has 2 amide bonds. The highest BCUT2D eigenvalue weighted by molar-refractivity contribution is 7.99. The van der Waals surface area contributed by atoms with Gasteiger partial charge in [0.05, 0.1) is 13.0 Å². The van der Waals surface area contributed by atoms with Crippen LogP contribution in [0.1, 0.15) is 32.0 Å². The van der Waals surface area contributed by atoms with Crippen molar-refractivity contribution < 1.29 is 28.6 Å². The lowest BCUT2D eigenvalue weighted by atomic mass is 10.1. The van der Waals surface area contributed by atoms with Crippen molar-refractivity contribution in [3.63, 3.8) is 0 Å². The summed E-state index contributed by atoms with van der Waals surface area (Å²) in [5, 5.41) is 3.66. The summed E-state index contributed by atoms with van der Waals surface area (Å²) < 4.78 is 16.0. The molecule has 1 aromatic heterocycles. The summed E-state index contributed by atoms with van der Waals surface area (Å²) in [6.07, 6.45) is -0.597. The van der Waals surface area contributed by atoms with Crippen molar-refractivity contribution in [3.8, 4) is 5.75 Å². The van der Waals surface area contributed by atoms with E-state index >= 15 is 0 Å². The lowest BCUT2D eigenvalue weighted by molar-refractivity contribution is -0.145. The molecule has 1 saturated heterocycles. The maximum absolute atomic E-state index is 13.1. The second-order valence-electron chi connectivity index (χ2n) is 9.33. The first-order chi connectivity index (χ1) is 17.9. The number of carbonyl (C=O) groups is 3. The third-order valence-corrected chi connectivity index (χ3v) is 7.33. The minimum absolute atomic E-state index is 0.00105. The summed E-state index contributed by atoms with van der Waals surface area (Å²) in [6, 6.07) is 6.50. The number of halogens is 3. The van der Waals surface area contributed by atoms with Crippen LogP contribution in [0.3, 0.4) is 0 Å². The second-order valence-corrected chi connectivity index (χ2v) is 11.5. The molecule has 1 aliphatic heterocycles. The molecule has 0 aliphatic carbocycles. The van der Waals surface area contributed by atoms with Gasteiger partial charge in [0.15, 0.2) is 10.9 Å². The van der Waals surface area contributed by atoms with Crippen LogP contribution >= 0.6 is 46.6 Å². The predicted molar refractivity (Wildman–Crippen MR) is 147 cm³/mol. The van der Waals surface area contributed by atoms with Crippen molar-refractivity contribution in [3.05, 3.63) is 56.8 Å². The number of esters is 1. The van der Waals surface area contributed by atoms with Crippen LogP contribution in [0.25, 0.3) is 0 Å². The van der Waals surface area contributed by atoms with E-state index in [4.69, 9.17) is 49.0 Å². The summed E-state index contributed by atoms with van der Waals surface area (Å²) in [4.78, 5) is 43.8. The van der Waals surface area contributed by atoms with E-state index in [1.165, 1.54) is 23.8 Å². The Labute approximate surface area is 240 Å². The molecule has 2 aromatic rings. The lowest BCUT2D eigenvalue weighted by Crippen LogP contribution is -2.53. The first kappa shape index (κ1) is 30.1. The van der Waals surface area contributed by atoms with E-state index in [-0.39, 0.29) is 18.2 Å². The Bertz CT molecular complexity index is 1170. The van der Waals surface area contributed by atoms with Crippen molar-refractivity contribution in [1.82, 2.24) is 15.2 Å². The fraction of sp³-hybridized carbons (Fsp3) is 0.440. The highest BCUT2D eigenvalue weighted by Gasteiger charge is 2.38. The zero-order valence-electron chi connectivity index (χ0n) is 21.3. The number of thioether (sulfide) groups is 1. The number of methoxy groups -OCH3 is 1. The van der Waals surface area contributed by atoms with Crippen molar-refractivity contribution in [1.29, 1.82) is 0 Å². The molecule has 0 bridgehead atoms. The Morgan fingerprint density at radius 3 is 2.45 bits per heavy atom. The average Bonchev–Trinajstić information content (AvgIpc) is 3.33. The molecule has 1 fully saturated rings. The van der Waals surface area contributed by atoms with Crippen molar-refractivity contribution >= 4 is 64.5 Å². The molecule has 1 aromatic carbocycles. The van der Waals surface area contributed by atoms with Crippen molar-refractivity contribution in [2.45, 2.75) is 51.5 Å². The highest BCUT2D eigenvalue weighted by atomic mass is 35.5. The largest absolute Gasteiger partial charge is 0.486 e. The van der Waals surface area contributed by atoms with Crippen LogP contribution < -0.4 is 10.1 Å². The number of rotatable bonds is 8. The molecular weight excluding hydrogens is 577 g/mol. The summed E-state index contributed by atoms with van der Waals surface area (Å²) >= 11 is 20.1. The van der Waals surface area contributed by atoms with E-state index in [1.54, 1.807) is 51.1 Å². The number of ether oxygens (including phenoxy) is 3. The number of carbonyl (C=O) groups excluding carboxylic acids is 3. The third-order valence-electron chi connectivity index (χ3n) is 5.33. The van der Waals surface area contributed by atoms with Crippen LogP contribution in [0.4, 0.5) is 4.79 Å². The standard InChI is InChI=1S/C25H28Cl3N3O6S/c1-25(2,3)37-24(34)31-13-38-12-19(31)22(32)30-18(23(33)35-4)10-14-8-9-20(21(28)29-14)36-11-15-16(26)6-5-7-17(15)27/h5-9,18-19H,10-13H2,1-4H3,(H,30,32)/t18-,19+/m0/s1. The maximum atomic E-state index is 13.1. The van der Waals surface area contributed by atoms with Gasteiger partial charge in [0.25, 0.3) is 0 Å². The molecule has 1 aliphatic rings. The van der Waals surface area contributed by atoms with E-state index in [0.29, 0.717) is 38.7 Å². The minimum atomic E-state index is -1.06. The SMILES string of the molecule is COC(=O)[C@H](Cc1ccc(OCc2c(Cl)cccc2Cl)c(Cl)n1)NC(=O)[C@H]1CSCN1C(=O)OC(C)(C)C. The molecular formula is C25H28Cl3N3O6S. The third kappa shape index (κ3) is 8.05. The first-order valence-electron chi connectivity index (χ1n) is 11.6. The lowest BCUT2D eigenvalue weighted by Gasteiger charge is -2.28. The molecule has 0 unspecified atom stereocenters. The van der Waals surface area contributed by atoms with Crippen molar-refractivity contribution in [2.24, 2.45) is 0 Å². The average molecular weight is 605 g/mol. The van der Waals surface area contributed by atoms with Gasteiger partial charge in [-0.1, -0.05) is 40.9 Å². The Morgan fingerprint density at radius 1 is 1.16 bits per heavy atom. The number of hydrogen-bond acceptors (Lipinski definition) is 8. The fourth-order valence-corrected chi connectivity index (χ4v) is 5.35. The topological polar surface area (TPSA) is 107 Å². The maximum Gasteiger partial charge on any atom is 0.411 e. The zero-order valence-corrected chi connectivity index (χ0v) is 24.3. The van der Waals surface area contributed by atoms with Crippen LogP contribution in [-0.4, -0.2) is 64.3 Å². The number of nitrogens with zero attached hydrogens (tertiary/aromatic N) is 2. The molecule has 0 spiro atoms. The quantitative estimate of drug-likeness (QED) is 0.326. The normalized spacial score (nSPS) is 16.1. The molecule has 38 heavy (non-hydrogen) atoms. The molecule has 2 atom stereocenters. The van der Waals surface area contributed by atoms with E-state index in [9.17, 15) is 14.4 Å². The van der Waals surface area contributed by atoms with Gasteiger partial charge in [0.2, 0.25) is 5.91 Å². The number of nitrogens with one attached hydrogen (secondary N) is 1. The van der Waals surface area contributed by atoms with Gasteiger partial charge in [-0.3, -0.25) is 9.69 Å². The fourth-order valence-electron chi connectivity index (χ4n) is 3.47. The summed E-state index contributed by atoms with van der Waals surface area (Å²) in [7, 11) is 1.22. The van der Waals surface area contributed by atoms with E-state index < -0.39 is 35.7 Å². The van der Waals surface area contributed by atoms with E-state index in [2.05, 4.69) is 10.3 Å². The van der Waals surface area contributed by atoms with Gasteiger partial charge in [-0.15, -0.1) is 11.8 Å². The van der Waals surface area contributed by atoms with Crippen LogP contribution in [-0.2, 0) is 32.1 Å². The van der Waals surface area contributed by atoms with Gasteiger partial charge in [-0.05, 0) is 45.0 Å². The summed E-state index contributed by atoms with van der Waals surface area (Å²) in [6.45, 7) is 5.32. The number of pyridine rings is 1. The number of hydrogen-bond donors (Lipinski definition) is 1.